The van der Waals surface area contributed by atoms with Gasteiger partial charge in [0.05, 0.1) is 19.8 Å². The van der Waals surface area contributed by atoms with Crippen LogP contribution in [0, 0.1) is 0 Å². The normalized spacial score (nSPS) is 12.2. The number of rotatable bonds is 9. The molecule has 0 bridgehead atoms. The molecule has 21 heavy (non-hydrogen) atoms. The lowest BCUT2D eigenvalue weighted by atomic mass is 10.2. The monoisotopic (exact) mass is 286 g/mol. The van der Waals surface area contributed by atoms with Gasteiger partial charge in [0.1, 0.15) is 0 Å². The number of benzene rings is 2. The number of methoxy groups -OCH3 is 1. The third-order valence-corrected chi connectivity index (χ3v) is 3.15. The largest absolute Gasteiger partial charge is 0.377 e. The van der Waals surface area contributed by atoms with Gasteiger partial charge in [-0.3, -0.25) is 0 Å². The molecule has 0 heterocycles. The van der Waals surface area contributed by atoms with Gasteiger partial charge in [0.15, 0.2) is 6.29 Å². The van der Waals surface area contributed by atoms with Crippen molar-refractivity contribution in [2.24, 2.45) is 0 Å². The molecule has 0 aliphatic carbocycles. The standard InChI is InChI=1S/C18H22O3/c1-19-18(21-15-17-10-6-3-7-11-17)12-13-20-14-16-8-4-2-5-9-16/h2-11,18H,12-15H2,1H3. The summed E-state index contributed by atoms with van der Waals surface area (Å²) in [4.78, 5) is 0. The Morgan fingerprint density at radius 1 is 0.810 bits per heavy atom. The summed E-state index contributed by atoms with van der Waals surface area (Å²) in [6.07, 6.45) is 0.483. The van der Waals surface area contributed by atoms with Crippen LogP contribution in [-0.2, 0) is 27.4 Å². The van der Waals surface area contributed by atoms with Gasteiger partial charge in [-0.15, -0.1) is 0 Å². The zero-order valence-corrected chi connectivity index (χ0v) is 12.4. The highest BCUT2D eigenvalue weighted by Gasteiger charge is 2.07. The molecule has 0 radical (unpaired) electrons. The Balaban J connectivity index is 1.63. The minimum atomic E-state index is -0.235. The van der Waals surface area contributed by atoms with E-state index < -0.39 is 0 Å². The van der Waals surface area contributed by atoms with E-state index in [0.29, 0.717) is 19.8 Å². The van der Waals surface area contributed by atoms with Gasteiger partial charge in [0.25, 0.3) is 0 Å². The second-order valence-electron chi connectivity index (χ2n) is 4.79. The van der Waals surface area contributed by atoms with Gasteiger partial charge in [-0.2, -0.15) is 0 Å². The fraction of sp³-hybridized carbons (Fsp3) is 0.333. The Morgan fingerprint density at radius 2 is 1.38 bits per heavy atom. The molecule has 112 valence electrons. The van der Waals surface area contributed by atoms with Crippen molar-refractivity contribution in [3.63, 3.8) is 0 Å². The molecule has 2 aromatic carbocycles. The van der Waals surface area contributed by atoms with Crippen LogP contribution < -0.4 is 0 Å². The molecule has 0 spiro atoms. The summed E-state index contributed by atoms with van der Waals surface area (Å²) >= 11 is 0. The van der Waals surface area contributed by atoms with Gasteiger partial charge in [-0.1, -0.05) is 60.7 Å². The fourth-order valence-corrected chi connectivity index (χ4v) is 1.98. The Bertz CT molecular complexity index is 484. The third-order valence-electron chi connectivity index (χ3n) is 3.15. The van der Waals surface area contributed by atoms with Crippen molar-refractivity contribution in [3.05, 3.63) is 71.8 Å². The first-order valence-corrected chi connectivity index (χ1v) is 7.18. The summed E-state index contributed by atoms with van der Waals surface area (Å²) in [5, 5.41) is 0. The summed E-state index contributed by atoms with van der Waals surface area (Å²) in [5.74, 6) is 0. The second-order valence-corrected chi connectivity index (χ2v) is 4.79. The van der Waals surface area contributed by atoms with Crippen LogP contribution in [0.25, 0.3) is 0 Å². The quantitative estimate of drug-likeness (QED) is 0.518. The fourth-order valence-electron chi connectivity index (χ4n) is 1.98. The van der Waals surface area contributed by atoms with E-state index in [0.717, 1.165) is 12.0 Å². The maximum absolute atomic E-state index is 5.73. The van der Waals surface area contributed by atoms with Crippen molar-refractivity contribution >= 4 is 0 Å². The molecule has 0 aliphatic rings. The van der Waals surface area contributed by atoms with Gasteiger partial charge in [0.2, 0.25) is 0 Å². The highest BCUT2D eigenvalue weighted by atomic mass is 16.7. The molecular weight excluding hydrogens is 264 g/mol. The molecule has 0 fully saturated rings. The number of hydrogen-bond acceptors (Lipinski definition) is 3. The Hall–Kier alpha value is -1.68. The molecule has 0 N–H and O–H groups in total. The lowest BCUT2D eigenvalue weighted by molar-refractivity contribution is -0.143. The van der Waals surface area contributed by atoms with Crippen molar-refractivity contribution in [1.29, 1.82) is 0 Å². The summed E-state index contributed by atoms with van der Waals surface area (Å²) in [6.45, 7) is 1.79. The average molecular weight is 286 g/mol. The molecule has 0 aromatic heterocycles. The zero-order chi connectivity index (χ0) is 14.8. The second kappa shape index (κ2) is 9.29. The van der Waals surface area contributed by atoms with Crippen LogP contribution in [0.1, 0.15) is 17.5 Å². The maximum atomic E-state index is 5.73. The van der Waals surface area contributed by atoms with E-state index in [-0.39, 0.29) is 6.29 Å². The van der Waals surface area contributed by atoms with Gasteiger partial charge in [-0.05, 0) is 11.1 Å². The van der Waals surface area contributed by atoms with Crippen LogP contribution in [-0.4, -0.2) is 20.0 Å². The first-order chi connectivity index (χ1) is 10.4. The lowest BCUT2D eigenvalue weighted by Crippen LogP contribution is -2.17. The molecule has 3 heteroatoms. The predicted octanol–water partition coefficient (Wildman–Crippen LogP) is 3.78. The molecular formula is C18H22O3. The minimum absolute atomic E-state index is 0.235. The maximum Gasteiger partial charge on any atom is 0.159 e. The van der Waals surface area contributed by atoms with Crippen LogP contribution in [0.15, 0.2) is 60.7 Å². The van der Waals surface area contributed by atoms with E-state index in [1.807, 2.05) is 48.5 Å². The van der Waals surface area contributed by atoms with Crippen molar-refractivity contribution in [3.8, 4) is 0 Å². The summed E-state index contributed by atoms with van der Waals surface area (Å²) in [6, 6.07) is 20.2. The SMILES string of the molecule is COC(CCOCc1ccccc1)OCc1ccccc1. The van der Waals surface area contributed by atoms with E-state index >= 15 is 0 Å². The van der Waals surface area contributed by atoms with Gasteiger partial charge in [-0.25, -0.2) is 0 Å². The average Bonchev–Trinajstić information content (AvgIpc) is 2.56. The van der Waals surface area contributed by atoms with E-state index in [2.05, 4.69) is 12.1 Å². The summed E-state index contributed by atoms with van der Waals surface area (Å²) < 4.78 is 16.7. The molecule has 0 aliphatic heterocycles. The number of hydrogen-bond donors (Lipinski definition) is 0. The first kappa shape index (κ1) is 15.7. The molecule has 2 rings (SSSR count). The number of ether oxygens (including phenoxy) is 3. The van der Waals surface area contributed by atoms with Crippen molar-refractivity contribution in [2.45, 2.75) is 25.9 Å². The summed E-state index contributed by atoms with van der Waals surface area (Å²) in [7, 11) is 1.66. The first-order valence-electron chi connectivity index (χ1n) is 7.18. The predicted molar refractivity (Wildman–Crippen MR) is 82.7 cm³/mol. The van der Waals surface area contributed by atoms with E-state index in [9.17, 15) is 0 Å². The van der Waals surface area contributed by atoms with Gasteiger partial charge >= 0.3 is 0 Å². The van der Waals surface area contributed by atoms with Crippen molar-refractivity contribution < 1.29 is 14.2 Å². The van der Waals surface area contributed by atoms with E-state index in [4.69, 9.17) is 14.2 Å². The topological polar surface area (TPSA) is 27.7 Å². The molecule has 3 nitrogen and oxygen atoms in total. The molecule has 2 aromatic rings. The van der Waals surface area contributed by atoms with Gasteiger partial charge < -0.3 is 14.2 Å². The van der Waals surface area contributed by atoms with Crippen LogP contribution in [0.4, 0.5) is 0 Å². The van der Waals surface area contributed by atoms with E-state index in [1.165, 1.54) is 5.56 Å². The molecule has 0 saturated heterocycles. The van der Waals surface area contributed by atoms with Gasteiger partial charge in [0, 0.05) is 13.5 Å². The Kier molecular flexibility index (Phi) is 6.95. The van der Waals surface area contributed by atoms with Crippen LogP contribution in [0.3, 0.4) is 0 Å². The van der Waals surface area contributed by atoms with Crippen LogP contribution in [0.2, 0.25) is 0 Å². The lowest BCUT2D eigenvalue weighted by Gasteiger charge is -2.16. The smallest absolute Gasteiger partial charge is 0.159 e. The molecule has 0 amide bonds. The highest BCUT2D eigenvalue weighted by molar-refractivity contribution is 5.14. The summed E-state index contributed by atoms with van der Waals surface area (Å²) in [5.41, 5.74) is 2.32. The Morgan fingerprint density at radius 3 is 1.95 bits per heavy atom. The van der Waals surface area contributed by atoms with Crippen molar-refractivity contribution in [1.82, 2.24) is 0 Å². The molecule has 1 unspecified atom stereocenters. The van der Waals surface area contributed by atoms with Crippen LogP contribution >= 0.6 is 0 Å². The minimum Gasteiger partial charge on any atom is -0.377 e. The van der Waals surface area contributed by atoms with Crippen LogP contribution in [0.5, 0.6) is 0 Å². The molecule has 0 saturated carbocycles. The highest BCUT2D eigenvalue weighted by Crippen LogP contribution is 2.08. The zero-order valence-electron chi connectivity index (χ0n) is 12.4. The third kappa shape index (κ3) is 6.08. The van der Waals surface area contributed by atoms with Crippen molar-refractivity contribution in [2.75, 3.05) is 13.7 Å². The molecule has 1 atom stereocenters. The Labute approximate surface area is 126 Å². The van der Waals surface area contributed by atoms with E-state index in [1.54, 1.807) is 7.11 Å².